The van der Waals surface area contributed by atoms with Crippen LogP contribution in [0.5, 0.6) is 5.75 Å². The number of fused-ring (bicyclic) bond motifs is 1. The third-order valence-electron chi connectivity index (χ3n) is 5.77. The highest BCUT2D eigenvalue weighted by Gasteiger charge is 2.27. The van der Waals surface area contributed by atoms with Crippen molar-refractivity contribution in [3.63, 3.8) is 0 Å². The lowest BCUT2D eigenvalue weighted by molar-refractivity contribution is 0.0477. The molecule has 1 heterocycles. The lowest BCUT2D eigenvalue weighted by Crippen LogP contribution is -2.39. The minimum absolute atomic E-state index is 0.0684. The van der Waals surface area contributed by atoms with E-state index in [1.165, 1.54) is 5.56 Å². The van der Waals surface area contributed by atoms with Crippen molar-refractivity contribution in [3.05, 3.63) is 77.9 Å². The van der Waals surface area contributed by atoms with Crippen LogP contribution in [0, 0.1) is 5.92 Å². The average Bonchev–Trinajstić information content (AvgIpc) is 2.80. The monoisotopic (exact) mass is 403 g/mol. The Labute approximate surface area is 178 Å². The molecular formula is C26H29NO3. The first kappa shape index (κ1) is 20.4. The fourth-order valence-electron chi connectivity index (χ4n) is 4.13. The zero-order valence-electron chi connectivity index (χ0n) is 17.5. The first-order valence-electron chi connectivity index (χ1n) is 10.8. The third-order valence-corrected chi connectivity index (χ3v) is 5.77. The highest BCUT2D eigenvalue weighted by molar-refractivity contribution is 6.09. The van der Waals surface area contributed by atoms with Crippen molar-refractivity contribution in [2.75, 3.05) is 26.3 Å². The predicted molar refractivity (Wildman–Crippen MR) is 120 cm³/mol. The number of piperidine rings is 1. The van der Waals surface area contributed by atoms with Gasteiger partial charge in [0.05, 0.1) is 18.8 Å². The molecule has 0 N–H and O–H groups in total. The lowest BCUT2D eigenvalue weighted by atomic mass is 9.96. The normalized spacial score (nSPS) is 14.8. The van der Waals surface area contributed by atoms with Gasteiger partial charge >= 0.3 is 0 Å². The van der Waals surface area contributed by atoms with Crippen molar-refractivity contribution in [3.8, 4) is 5.75 Å². The molecule has 0 atom stereocenters. The maximum Gasteiger partial charge on any atom is 0.258 e. The molecule has 1 saturated heterocycles. The van der Waals surface area contributed by atoms with E-state index in [0.717, 1.165) is 43.3 Å². The first-order valence-corrected chi connectivity index (χ1v) is 10.8. The van der Waals surface area contributed by atoms with Crippen LogP contribution in [0.15, 0.2) is 66.7 Å². The van der Waals surface area contributed by atoms with Crippen LogP contribution in [-0.4, -0.2) is 37.1 Å². The van der Waals surface area contributed by atoms with Crippen LogP contribution in [-0.2, 0) is 11.3 Å². The van der Waals surface area contributed by atoms with Crippen molar-refractivity contribution in [1.29, 1.82) is 0 Å². The van der Waals surface area contributed by atoms with Gasteiger partial charge in [0, 0.05) is 19.7 Å². The molecule has 1 aliphatic heterocycles. The summed E-state index contributed by atoms with van der Waals surface area (Å²) in [5, 5.41) is 2.02. The molecule has 0 spiro atoms. The smallest absolute Gasteiger partial charge is 0.258 e. The summed E-state index contributed by atoms with van der Waals surface area (Å²) in [6.45, 7) is 5.40. The maximum atomic E-state index is 13.4. The van der Waals surface area contributed by atoms with Crippen LogP contribution in [0.3, 0.4) is 0 Å². The molecule has 1 aliphatic rings. The fourth-order valence-corrected chi connectivity index (χ4v) is 4.13. The molecule has 0 aliphatic carbocycles. The van der Waals surface area contributed by atoms with Gasteiger partial charge in [0.2, 0.25) is 0 Å². The van der Waals surface area contributed by atoms with Crippen LogP contribution in [0.25, 0.3) is 10.8 Å². The molecule has 0 unspecified atom stereocenters. The largest absolute Gasteiger partial charge is 0.493 e. The highest BCUT2D eigenvalue weighted by Crippen LogP contribution is 2.31. The van der Waals surface area contributed by atoms with Gasteiger partial charge in [-0.2, -0.15) is 0 Å². The number of hydrogen-bond acceptors (Lipinski definition) is 3. The van der Waals surface area contributed by atoms with Gasteiger partial charge in [0.15, 0.2) is 0 Å². The van der Waals surface area contributed by atoms with Crippen LogP contribution < -0.4 is 4.74 Å². The molecular weight excluding hydrogens is 374 g/mol. The van der Waals surface area contributed by atoms with E-state index in [1.54, 1.807) is 0 Å². The number of amides is 1. The van der Waals surface area contributed by atoms with E-state index in [0.29, 0.717) is 30.4 Å². The number of carbonyl (C=O) groups is 1. The summed E-state index contributed by atoms with van der Waals surface area (Å²) < 4.78 is 11.7. The molecule has 3 aromatic carbocycles. The molecule has 1 amide bonds. The topological polar surface area (TPSA) is 38.8 Å². The molecule has 4 nitrogen and oxygen atoms in total. The van der Waals surface area contributed by atoms with Crippen molar-refractivity contribution < 1.29 is 14.3 Å². The van der Waals surface area contributed by atoms with Gasteiger partial charge in [0.1, 0.15) is 5.75 Å². The molecule has 30 heavy (non-hydrogen) atoms. The Morgan fingerprint density at radius 2 is 1.70 bits per heavy atom. The Kier molecular flexibility index (Phi) is 6.65. The Hall–Kier alpha value is -2.85. The van der Waals surface area contributed by atoms with Gasteiger partial charge in [0.25, 0.3) is 5.91 Å². The molecule has 0 saturated carbocycles. The number of hydrogen-bond donors (Lipinski definition) is 0. The minimum Gasteiger partial charge on any atom is -0.493 e. The van der Waals surface area contributed by atoms with Gasteiger partial charge in [-0.15, -0.1) is 0 Å². The number of carbonyl (C=O) groups excluding carboxylic acids is 1. The molecule has 1 fully saturated rings. The molecule has 3 aromatic rings. The van der Waals surface area contributed by atoms with Crippen molar-refractivity contribution in [2.45, 2.75) is 26.4 Å². The number of benzene rings is 3. The molecule has 0 aromatic heterocycles. The third kappa shape index (κ3) is 4.65. The predicted octanol–water partition coefficient (Wildman–Crippen LogP) is 5.31. The summed E-state index contributed by atoms with van der Waals surface area (Å²) in [7, 11) is 0. The van der Waals surface area contributed by atoms with Crippen LogP contribution in [0.1, 0.15) is 35.7 Å². The second-order valence-electron chi connectivity index (χ2n) is 7.83. The van der Waals surface area contributed by atoms with Gasteiger partial charge in [-0.1, -0.05) is 60.7 Å². The van der Waals surface area contributed by atoms with Crippen molar-refractivity contribution >= 4 is 16.7 Å². The standard InChI is InChI=1S/C26H29NO3/c1-2-30-24-13-12-22-10-6-7-11-23(22)25(24)26(28)27-16-14-21(15-17-27)19-29-18-20-8-4-3-5-9-20/h3-13,21H,2,14-19H2,1H3. The summed E-state index contributed by atoms with van der Waals surface area (Å²) in [4.78, 5) is 15.4. The van der Waals surface area contributed by atoms with Crippen LogP contribution in [0.2, 0.25) is 0 Å². The van der Waals surface area contributed by atoms with E-state index in [-0.39, 0.29) is 5.91 Å². The van der Waals surface area contributed by atoms with E-state index in [2.05, 4.69) is 12.1 Å². The Balaban J connectivity index is 1.39. The van der Waals surface area contributed by atoms with Crippen LogP contribution in [0.4, 0.5) is 0 Å². The number of nitrogens with zero attached hydrogens (tertiary/aromatic N) is 1. The number of likely N-dealkylation sites (tertiary alicyclic amines) is 1. The average molecular weight is 404 g/mol. The molecule has 0 radical (unpaired) electrons. The van der Waals surface area contributed by atoms with Gasteiger partial charge in [-0.3, -0.25) is 4.79 Å². The Morgan fingerprint density at radius 3 is 2.47 bits per heavy atom. The van der Waals surface area contributed by atoms with Crippen molar-refractivity contribution in [1.82, 2.24) is 4.90 Å². The quantitative estimate of drug-likeness (QED) is 0.537. The summed E-state index contributed by atoms with van der Waals surface area (Å²) in [6, 6.07) is 22.2. The Bertz CT molecular complexity index is 978. The van der Waals surface area contributed by atoms with Gasteiger partial charge in [-0.05, 0) is 48.1 Å². The van der Waals surface area contributed by atoms with E-state index >= 15 is 0 Å². The van der Waals surface area contributed by atoms with E-state index < -0.39 is 0 Å². The van der Waals surface area contributed by atoms with E-state index in [1.807, 2.05) is 66.4 Å². The van der Waals surface area contributed by atoms with E-state index in [9.17, 15) is 4.79 Å². The summed E-state index contributed by atoms with van der Waals surface area (Å²) in [6.07, 6.45) is 1.94. The van der Waals surface area contributed by atoms with E-state index in [4.69, 9.17) is 9.47 Å². The van der Waals surface area contributed by atoms with Gasteiger partial charge in [-0.25, -0.2) is 0 Å². The number of ether oxygens (including phenoxy) is 2. The Morgan fingerprint density at radius 1 is 0.967 bits per heavy atom. The second-order valence-corrected chi connectivity index (χ2v) is 7.83. The summed E-state index contributed by atoms with van der Waals surface area (Å²) in [5.41, 5.74) is 1.89. The van der Waals surface area contributed by atoms with Crippen LogP contribution >= 0.6 is 0 Å². The zero-order chi connectivity index (χ0) is 20.8. The maximum absolute atomic E-state index is 13.4. The molecule has 0 bridgehead atoms. The fraction of sp³-hybridized carbons (Fsp3) is 0.346. The lowest BCUT2D eigenvalue weighted by Gasteiger charge is -2.32. The minimum atomic E-state index is 0.0684. The van der Waals surface area contributed by atoms with Crippen molar-refractivity contribution in [2.24, 2.45) is 5.92 Å². The summed E-state index contributed by atoms with van der Waals surface area (Å²) >= 11 is 0. The molecule has 4 heteroatoms. The summed E-state index contributed by atoms with van der Waals surface area (Å²) in [5.74, 6) is 1.24. The first-order chi connectivity index (χ1) is 14.8. The number of rotatable bonds is 7. The highest BCUT2D eigenvalue weighted by atomic mass is 16.5. The van der Waals surface area contributed by atoms with Gasteiger partial charge < -0.3 is 14.4 Å². The second kappa shape index (κ2) is 9.77. The molecule has 4 rings (SSSR count). The SMILES string of the molecule is CCOc1ccc2ccccc2c1C(=O)N1CCC(COCc2ccccc2)CC1. The molecule has 156 valence electrons. The zero-order valence-corrected chi connectivity index (χ0v) is 17.5.